The van der Waals surface area contributed by atoms with Crippen LogP contribution >= 0.6 is 12.4 Å². The Morgan fingerprint density at radius 1 is 1.25 bits per heavy atom. The predicted molar refractivity (Wildman–Crippen MR) is 81.9 cm³/mol. The van der Waals surface area contributed by atoms with Gasteiger partial charge in [0.15, 0.2) is 0 Å². The van der Waals surface area contributed by atoms with Gasteiger partial charge in [0.05, 0.1) is 0 Å². The highest BCUT2D eigenvalue weighted by atomic mass is 35.5. The monoisotopic (exact) mass is 306 g/mol. The predicted octanol–water partition coefficient (Wildman–Crippen LogP) is 0.894. The maximum absolute atomic E-state index is 12.3. The van der Waals surface area contributed by atoms with E-state index in [1.165, 1.54) is 0 Å². The van der Waals surface area contributed by atoms with Crippen molar-refractivity contribution in [2.24, 2.45) is 5.73 Å². The number of hydrogen-bond acceptors (Lipinski definition) is 3. The summed E-state index contributed by atoms with van der Waals surface area (Å²) in [5.74, 6) is -0.0862. The van der Waals surface area contributed by atoms with Gasteiger partial charge in [-0.05, 0) is 33.1 Å². The largest absolute Gasteiger partial charge is 0.354 e. The number of carbonyl (C=O) groups is 2. The fourth-order valence-electron chi connectivity index (χ4n) is 2.39. The summed E-state index contributed by atoms with van der Waals surface area (Å²) in [7, 11) is 0. The minimum absolute atomic E-state index is 0. The number of carbonyl (C=O) groups excluding carboxylic acids is 2. The van der Waals surface area contributed by atoms with E-state index in [9.17, 15) is 9.59 Å². The molecule has 1 atom stereocenters. The summed E-state index contributed by atoms with van der Waals surface area (Å²) in [5.41, 5.74) is 4.92. The Labute approximate surface area is 127 Å². The molecule has 0 spiro atoms. The highest BCUT2D eigenvalue weighted by molar-refractivity contribution is 5.91. The quantitative estimate of drug-likeness (QED) is 0.587. The molecule has 5 N–H and O–H groups in total. The number of amides is 3. The molecule has 20 heavy (non-hydrogen) atoms. The molecule has 1 aliphatic rings. The zero-order valence-electron chi connectivity index (χ0n) is 12.3. The molecular weight excluding hydrogens is 280 g/mol. The highest BCUT2D eigenvalue weighted by Crippen LogP contribution is 2.29. The number of hydrogen-bond donors (Lipinski definition) is 4. The Morgan fingerprint density at radius 2 is 1.85 bits per heavy atom. The topological polar surface area (TPSA) is 96.2 Å². The second-order valence-electron chi connectivity index (χ2n) is 5.30. The van der Waals surface area contributed by atoms with Crippen molar-refractivity contribution in [2.45, 2.75) is 57.5 Å². The van der Waals surface area contributed by atoms with E-state index >= 15 is 0 Å². The van der Waals surface area contributed by atoms with E-state index in [1.54, 1.807) is 0 Å². The van der Waals surface area contributed by atoms with Crippen molar-refractivity contribution >= 4 is 24.3 Å². The van der Waals surface area contributed by atoms with Crippen LogP contribution in [0.3, 0.4) is 0 Å². The second-order valence-corrected chi connectivity index (χ2v) is 5.30. The van der Waals surface area contributed by atoms with E-state index in [0.717, 1.165) is 19.3 Å². The number of rotatable bonds is 6. The minimum atomic E-state index is -0.739. The molecule has 0 radical (unpaired) electrons. The molecule has 0 saturated heterocycles. The molecule has 0 aromatic rings. The maximum Gasteiger partial charge on any atom is 0.315 e. The van der Waals surface area contributed by atoms with Gasteiger partial charge in [0.25, 0.3) is 0 Å². The van der Waals surface area contributed by atoms with Gasteiger partial charge in [-0.25, -0.2) is 4.79 Å². The lowest BCUT2D eigenvalue weighted by atomic mass is 9.96. The first-order valence-electron chi connectivity index (χ1n) is 7.10. The van der Waals surface area contributed by atoms with E-state index < -0.39 is 5.54 Å². The summed E-state index contributed by atoms with van der Waals surface area (Å²) in [6.07, 6.45) is 4.07. The molecule has 3 amide bonds. The zero-order valence-corrected chi connectivity index (χ0v) is 13.1. The van der Waals surface area contributed by atoms with Crippen molar-refractivity contribution in [2.75, 3.05) is 13.1 Å². The van der Waals surface area contributed by atoms with E-state index in [0.29, 0.717) is 25.9 Å². The average molecular weight is 307 g/mol. The summed E-state index contributed by atoms with van der Waals surface area (Å²) in [6.45, 7) is 4.86. The molecule has 7 heteroatoms. The summed E-state index contributed by atoms with van der Waals surface area (Å²) in [6, 6.07) is -0.206. The van der Waals surface area contributed by atoms with Crippen molar-refractivity contribution in [3.05, 3.63) is 0 Å². The molecule has 118 valence electrons. The molecule has 1 unspecified atom stereocenters. The molecule has 0 heterocycles. The van der Waals surface area contributed by atoms with Gasteiger partial charge in [-0.2, -0.15) is 0 Å². The van der Waals surface area contributed by atoms with Gasteiger partial charge in [-0.3, -0.25) is 4.79 Å². The number of urea groups is 1. The molecule has 6 nitrogen and oxygen atoms in total. The lowest BCUT2D eigenvalue weighted by Crippen LogP contribution is -2.59. The molecule has 1 aliphatic carbocycles. The van der Waals surface area contributed by atoms with Crippen LogP contribution in [0.15, 0.2) is 0 Å². The Hall–Kier alpha value is -1.01. The zero-order chi connectivity index (χ0) is 14.3. The van der Waals surface area contributed by atoms with Crippen LogP contribution in [0.5, 0.6) is 0 Å². The van der Waals surface area contributed by atoms with Crippen LogP contribution in [0.2, 0.25) is 0 Å². The van der Waals surface area contributed by atoms with Crippen molar-refractivity contribution in [1.29, 1.82) is 0 Å². The fraction of sp³-hybridized carbons (Fsp3) is 0.846. The van der Waals surface area contributed by atoms with Gasteiger partial charge < -0.3 is 21.7 Å². The van der Waals surface area contributed by atoms with Crippen LogP contribution in [0.25, 0.3) is 0 Å². The van der Waals surface area contributed by atoms with Gasteiger partial charge in [-0.1, -0.05) is 12.8 Å². The van der Waals surface area contributed by atoms with Crippen LogP contribution in [0.1, 0.15) is 46.0 Å². The van der Waals surface area contributed by atoms with Gasteiger partial charge in [0.2, 0.25) is 5.91 Å². The third-order valence-electron chi connectivity index (χ3n) is 3.47. The smallest absolute Gasteiger partial charge is 0.315 e. The molecule has 1 saturated carbocycles. The molecule has 1 rings (SSSR count). The fourth-order valence-corrected chi connectivity index (χ4v) is 2.39. The minimum Gasteiger partial charge on any atom is -0.354 e. The van der Waals surface area contributed by atoms with Gasteiger partial charge in [-0.15, -0.1) is 12.4 Å². The van der Waals surface area contributed by atoms with Crippen LogP contribution in [0.4, 0.5) is 4.79 Å². The van der Waals surface area contributed by atoms with E-state index in [-0.39, 0.29) is 30.4 Å². The van der Waals surface area contributed by atoms with Crippen molar-refractivity contribution in [1.82, 2.24) is 16.0 Å². The van der Waals surface area contributed by atoms with Crippen LogP contribution < -0.4 is 21.7 Å². The number of halogens is 1. The first kappa shape index (κ1) is 19.0. The van der Waals surface area contributed by atoms with Gasteiger partial charge in [0.1, 0.15) is 5.54 Å². The Kier molecular flexibility index (Phi) is 8.57. The SMILES string of the molecule is CCNC(=O)NC1(C(=O)NCCC(C)N)CCCC1.Cl. The molecule has 0 aliphatic heterocycles. The molecule has 0 bridgehead atoms. The van der Waals surface area contributed by atoms with E-state index in [2.05, 4.69) is 16.0 Å². The summed E-state index contributed by atoms with van der Waals surface area (Å²) < 4.78 is 0. The Balaban J connectivity index is 0.00000361. The number of nitrogens with two attached hydrogens (primary N) is 1. The lowest BCUT2D eigenvalue weighted by Gasteiger charge is -2.29. The summed E-state index contributed by atoms with van der Waals surface area (Å²) >= 11 is 0. The molecular formula is C13H27ClN4O2. The Morgan fingerprint density at radius 3 is 2.35 bits per heavy atom. The summed E-state index contributed by atoms with van der Waals surface area (Å²) in [4.78, 5) is 24.0. The molecule has 0 aromatic carbocycles. The summed E-state index contributed by atoms with van der Waals surface area (Å²) in [5, 5.41) is 8.40. The normalized spacial score (nSPS) is 17.8. The van der Waals surface area contributed by atoms with Crippen LogP contribution in [0, 0.1) is 0 Å². The van der Waals surface area contributed by atoms with Gasteiger partial charge in [0, 0.05) is 19.1 Å². The Bertz CT molecular complexity index is 317. The van der Waals surface area contributed by atoms with Crippen LogP contribution in [-0.4, -0.2) is 36.6 Å². The first-order valence-corrected chi connectivity index (χ1v) is 7.10. The van der Waals surface area contributed by atoms with Crippen LogP contribution in [-0.2, 0) is 4.79 Å². The third kappa shape index (κ3) is 5.54. The second kappa shape index (κ2) is 9.02. The standard InChI is InChI=1S/C13H26N4O2.ClH/c1-3-15-12(19)17-13(7-4-5-8-13)11(18)16-9-6-10(2)14;/h10H,3-9,14H2,1-2H3,(H,16,18)(H2,15,17,19);1H. The molecule has 1 fully saturated rings. The first-order chi connectivity index (χ1) is 9.00. The van der Waals surface area contributed by atoms with E-state index in [1.807, 2.05) is 13.8 Å². The maximum atomic E-state index is 12.3. The highest BCUT2D eigenvalue weighted by Gasteiger charge is 2.42. The number of nitrogens with one attached hydrogen (secondary N) is 3. The van der Waals surface area contributed by atoms with E-state index in [4.69, 9.17) is 5.73 Å². The third-order valence-corrected chi connectivity index (χ3v) is 3.47. The molecule has 0 aromatic heterocycles. The lowest BCUT2D eigenvalue weighted by molar-refractivity contribution is -0.127. The van der Waals surface area contributed by atoms with Crippen molar-refractivity contribution in [3.8, 4) is 0 Å². The van der Waals surface area contributed by atoms with Gasteiger partial charge >= 0.3 is 6.03 Å². The average Bonchev–Trinajstić information content (AvgIpc) is 2.78. The van der Waals surface area contributed by atoms with Crippen molar-refractivity contribution in [3.63, 3.8) is 0 Å². The van der Waals surface area contributed by atoms with Crippen molar-refractivity contribution < 1.29 is 9.59 Å².